The number of benzene rings is 2. The molecule has 0 bridgehead atoms. The van der Waals surface area contributed by atoms with Crippen molar-refractivity contribution in [3.8, 4) is 23.7 Å². The first-order valence-electron chi connectivity index (χ1n) is 19.7. The molecule has 0 fully saturated rings. The molecule has 6 heterocycles. The number of hydrogen-bond acceptors (Lipinski definition) is 4. The topological polar surface area (TPSA) is 76.4 Å². The summed E-state index contributed by atoms with van der Waals surface area (Å²) < 4.78 is 25.1. The monoisotopic (exact) mass is 766 g/mol. The van der Waals surface area contributed by atoms with Crippen molar-refractivity contribution in [2.24, 2.45) is 24.3 Å². The Hall–Kier alpha value is -7.30. The highest BCUT2D eigenvalue weighted by molar-refractivity contribution is 5.73. The molecular weight excluding hydrogens is 721 g/mol. The molecule has 0 aliphatic carbocycles. The van der Waals surface area contributed by atoms with Crippen molar-refractivity contribution in [2.75, 3.05) is 0 Å². The van der Waals surface area contributed by atoms with Crippen LogP contribution in [0.4, 0.5) is 0 Å². The first-order valence-corrected chi connectivity index (χ1v) is 19.7. The zero-order chi connectivity index (χ0) is 39.5. The molecule has 0 amide bonds. The number of aryl methyl sites for hydroxylation is 6. The van der Waals surface area contributed by atoms with Crippen LogP contribution in [0, 0.1) is 23.7 Å². The minimum absolute atomic E-state index is 0.443. The summed E-state index contributed by atoms with van der Waals surface area (Å²) in [6.45, 7) is 3.26. The molecule has 0 N–H and O–H groups in total. The summed E-state index contributed by atoms with van der Waals surface area (Å²) in [6, 6.07) is 32.4. The highest BCUT2D eigenvalue weighted by Gasteiger charge is 2.11. The third-order valence-electron chi connectivity index (χ3n) is 9.94. The Morgan fingerprint density at radius 3 is 1.17 bits per heavy atom. The molecule has 0 atom stereocenters. The van der Waals surface area contributed by atoms with Crippen LogP contribution < -0.4 is 29.6 Å². The van der Waals surface area contributed by atoms with Gasteiger partial charge in [0, 0.05) is 96.7 Å². The van der Waals surface area contributed by atoms with E-state index in [0.29, 0.717) is 11.4 Å². The molecular formula is C48H46N8O2+4. The minimum atomic E-state index is 0.443. The van der Waals surface area contributed by atoms with Gasteiger partial charge in [0.05, 0.1) is 11.0 Å². The van der Waals surface area contributed by atoms with Gasteiger partial charge in [0.1, 0.15) is 27.2 Å². The molecule has 10 nitrogen and oxygen atoms in total. The van der Waals surface area contributed by atoms with Gasteiger partial charge in [-0.3, -0.25) is 9.13 Å². The maximum Gasteiger partial charge on any atom is 0.321 e. The molecule has 0 unspecified atom stereocenters. The van der Waals surface area contributed by atoms with E-state index in [1.807, 2.05) is 109 Å². The average Bonchev–Trinajstić information content (AvgIpc) is 3.80. The molecule has 0 radical (unpaired) electrons. The second-order valence-electron chi connectivity index (χ2n) is 14.3. The van der Waals surface area contributed by atoms with Crippen LogP contribution in [0.25, 0.3) is 22.2 Å². The van der Waals surface area contributed by atoms with Crippen molar-refractivity contribution >= 4 is 22.2 Å². The molecule has 286 valence electrons. The van der Waals surface area contributed by atoms with Gasteiger partial charge < -0.3 is 8.83 Å². The van der Waals surface area contributed by atoms with Crippen molar-refractivity contribution < 1.29 is 27.1 Å². The maximum absolute atomic E-state index is 6.24. The quantitative estimate of drug-likeness (QED) is 0.0788. The van der Waals surface area contributed by atoms with Crippen LogP contribution in [-0.2, 0) is 40.3 Å². The molecule has 0 saturated heterocycles. The van der Waals surface area contributed by atoms with E-state index in [4.69, 9.17) is 8.83 Å². The summed E-state index contributed by atoms with van der Waals surface area (Å²) in [4.78, 5) is 0. The number of para-hydroxylation sites is 4. The van der Waals surface area contributed by atoms with E-state index in [1.165, 1.54) is 0 Å². The SMILES string of the molecule is C[n+]1ccc(C#Cc2cc[n+](CCCCn3/c(=N/N=c4\oc5ccccc5n4CCCC[n+]4ccc(C#Cc5cc[n+](C)cc5)cc4)oc4ccccc43)cc2)cc1. The summed E-state index contributed by atoms with van der Waals surface area (Å²) in [5.41, 5.74) is 8.38. The Bertz CT molecular complexity index is 2710. The fraction of sp³-hybridized carbons (Fsp3) is 0.208. The molecule has 8 rings (SSSR count). The zero-order valence-corrected chi connectivity index (χ0v) is 32.9. The summed E-state index contributed by atoms with van der Waals surface area (Å²) >= 11 is 0. The van der Waals surface area contributed by atoms with Crippen LogP contribution >= 0.6 is 0 Å². The van der Waals surface area contributed by atoms with Gasteiger partial charge in [-0.1, -0.05) is 58.2 Å². The van der Waals surface area contributed by atoms with Gasteiger partial charge >= 0.3 is 11.4 Å². The van der Waals surface area contributed by atoms with Gasteiger partial charge in [0.15, 0.2) is 60.7 Å². The molecule has 10 heteroatoms. The number of hydrogen-bond donors (Lipinski definition) is 0. The second-order valence-corrected chi connectivity index (χ2v) is 14.3. The molecule has 0 aliphatic rings. The van der Waals surface area contributed by atoms with Crippen LogP contribution in [0.15, 0.2) is 166 Å². The predicted molar refractivity (Wildman–Crippen MR) is 218 cm³/mol. The van der Waals surface area contributed by atoms with Crippen LogP contribution in [0.1, 0.15) is 47.9 Å². The Balaban J connectivity index is 0.919. The Labute approximate surface area is 337 Å². The fourth-order valence-electron chi connectivity index (χ4n) is 6.68. The lowest BCUT2D eigenvalue weighted by molar-refractivity contribution is -0.697. The van der Waals surface area contributed by atoms with E-state index in [1.54, 1.807) is 0 Å². The molecule has 0 saturated carbocycles. The minimum Gasteiger partial charge on any atom is -0.422 e. The van der Waals surface area contributed by atoms with Crippen molar-refractivity contribution in [1.82, 2.24) is 9.13 Å². The third kappa shape index (κ3) is 9.55. The van der Waals surface area contributed by atoms with Gasteiger partial charge in [-0.05, 0) is 37.1 Å². The smallest absolute Gasteiger partial charge is 0.321 e. The van der Waals surface area contributed by atoms with Crippen LogP contribution in [0.2, 0.25) is 0 Å². The number of nitrogens with zero attached hydrogens (tertiary/aromatic N) is 8. The summed E-state index contributed by atoms with van der Waals surface area (Å²) in [5.74, 6) is 13.0. The predicted octanol–water partition coefficient (Wildman–Crippen LogP) is 5.18. The molecule has 6 aromatic heterocycles. The second kappa shape index (κ2) is 18.1. The van der Waals surface area contributed by atoms with Gasteiger partial charge in [-0.25, -0.2) is 18.3 Å². The third-order valence-corrected chi connectivity index (χ3v) is 9.94. The number of rotatable bonds is 11. The van der Waals surface area contributed by atoms with Crippen molar-refractivity contribution in [1.29, 1.82) is 0 Å². The molecule has 2 aromatic carbocycles. The Morgan fingerprint density at radius 1 is 0.448 bits per heavy atom. The molecule has 58 heavy (non-hydrogen) atoms. The first-order chi connectivity index (χ1) is 28.5. The van der Waals surface area contributed by atoms with Crippen LogP contribution in [0.5, 0.6) is 0 Å². The van der Waals surface area contributed by atoms with Crippen molar-refractivity contribution in [3.63, 3.8) is 0 Å². The van der Waals surface area contributed by atoms with Gasteiger partial charge in [-0.2, -0.15) is 0 Å². The van der Waals surface area contributed by atoms with Crippen LogP contribution in [-0.4, -0.2) is 9.13 Å². The van der Waals surface area contributed by atoms with E-state index >= 15 is 0 Å². The lowest BCUT2D eigenvalue weighted by Gasteiger charge is -2.03. The van der Waals surface area contributed by atoms with Crippen LogP contribution in [0.3, 0.4) is 0 Å². The van der Waals surface area contributed by atoms with Crippen molar-refractivity contribution in [2.45, 2.75) is 51.9 Å². The number of pyridine rings is 4. The number of oxazole rings is 2. The Morgan fingerprint density at radius 2 is 0.793 bits per heavy atom. The zero-order valence-electron chi connectivity index (χ0n) is 32.9. The molecule has 0 aliphatic heterocycles. The normalized spacial score (nSPS) is 11.8. The lowest BCUT2D eigenvalue weighted by Crippen LogP contribution is -2.32. The van der Waals surface area contributed by atoms with E-state index in [9.17, 15) is 0 Å². The number of fused-ring (bicyclic) bond motifs is 2. The lowest BCUT2D eigenvalue weighted by atomic mass is 10.2. The summed E-state index contributed by atoms with van der Waals surface area (Å²) in [6.07, 6.45) is 20.2. The largest absolute Gasteiger partial charge is 0.422 e. The summed E-state index contributed by atoms with van der Waals surface area (Å²) in [7, 11) is 4.00. The fourth-order valence-corrected chi connectivity index (χ4v) is 6.68. The van der Waals surface area contributed by atoms with Gasteiger partial charge in [0.25, 0.3) is 0 Å². The average molecular weight is 767 g/mol. The maximum atomic E-state index is 6.24. The number of unbranched alkanes of at least 4 members (excludes halogenated alkanes) is 2. The van der Waals surface area contributed by atoms with E-state index in [0.717, 1.165) is 96.3 Å². The van der Waals surface area contributed by atoms with Gasteiger partial charge in [-0.15, -0.1) is 0 Å². The van der Waals surface area contributed by atoms with Crippen molar-refractivity contribution in [3.05, 3.63) is 180 Å². The van der Waals surface area contributed by atoms with Gasteiger partial charge in [0.2, 0.25) is 0 Å². The van der Waals surface area contributed by atoms with E-state index < -0.39 is 0 Å². The van der Waals surface area contributed by atoms with E-state index in [2.05, 4.69) is 113 Å². The standard InChI is InChI=1S/C48H46N8O2/c1-51-31-19-39(20-32-51)15-17-41-23-35-53(36-24-41)27-7-9-29-55-43-11-3-5-13-45(43)57-47(55)49-50-48-56(44-12-4-6-14-46(44)58-48)30-10-8-28-54-37-25-42(26-38-54)18-16-40-21-33-52(2)34-22-40/h3-6,11-14,19-26,31-38H,7-10,27-30H2,1-2H3/q+4/b49-47-,50-48-. The molecule has 8 aromatic rings. The number of aromatic nitrogens is 6. The van der Waals surface area contributed by atoms with E-state index in [-0.39, 0.29) is 0 Å². The summed E-state index contributed by atoms with van der Waals surface area (Å²) in [5, 5.41) is 9.31. The molecule has 0 spiro atoms. The highest BCUT2D eigenvalue weighted by Crippen LogP contribution is 2.14. The first kappa shape index (κ1) is 37.6. The Kier molecular flexibility index (Phi) is 11.7. The highest BCUT2D eigenvalue weighted by atomic mass is 16.4.